The number of H-pyrrole nitrogens is 1. The van der Waals surface area contributed by atoms with E-state index in [9.17, 15) is 0 Å². The van der Waals surface area contributed by atoms with Crippen molar-refractivity contribution in [3.8, 4) is 0 Å². The largest absolute Gasteiger partial charge is 0.361 e. The summed E-state index contributed by atoms with van der Waals surface area (Å²) in [5, 5.41) is 1.34. The Kier molecular flexibility index (Phi) is 8.14. The van der Waals surface area contributed by atoms with Crippen LogP contribution < -0.4 is 0 Å². The van der Waals surface area contributed by atoms with E-state index in [1.54, 1.807) is 0 Å². The quantitative estimate of drug-likeness (QED) is 0.388. The maximum atomic E-state index is 4.32. The molecular formula is C27H38N4. The molecule has 4 rings (SSSR count). The number of rotatable bonds is 11. The van der Waals surface area contributed by atoms with Crippen molar-refractivity contribution in [1.29, 1.82) is 0 Å². The van der Waals surface area contributed by atoms with E-state index >= 15 is 0 Å². The van der Waals surface area contributed by atoms with E-state index in [0.29, 0.717) is 0 Å². The fraction of sp³-hybridized carbons (Fsp3) is 0.519. The number of fused-ring (bicyclic) bond motifs is 1. The maximum absolute atomic E-state index is 4.32. The summed E-state index contributed by atoms with van der Waals surface area (Å²) in [6.07, 6.45) is 17.0. The molecule has 1 aromatic carbocycles. The number of pyridine rings is 1. The molecule has 1 aliphatic carbocycles. The third-order valence-corrected chi connectivity index (χ3v) is 6.88. The molecule has 0 radical (unpaired) electrons. The number of benzene rings is 1. The highest BCUT2D eigenvalue weighted by molar-refractivity contribution is 5.82. The topological polar surface area (TPSA) is 35.2 Å². The van der Waals surface area contributed by atoms with Gasteiger partial charge in [-0.3, -0.25) is 9.88 Å². The lowest BCUT2D eigenvalue weighted by atomic mass is 9.94. The summed E-state index contributed by atoms with van der Waals surface area (Å²) < 4.78 is 0. The Hall–Kier alpha value is -2.17. The summed E-state index contributed by atoms with van der Waals surface area (Å²) in [5.74, 6) is 0. The number of aromatic amines is 1. The van der Waals surface area contributed by atoms with Crippen molar-refractivity contribution in [2.75, 3.05) is 20.1 Å². The monoisotopic (exact) mass is 418 g/mol. The standard InChI is InChI=1S/C27H38N4/c1-30(25-12-4-2-5-13-25)17-8-3-9-18-31(21-23-11-10-16-28-19-23)22-24-20-29-27-15-7-6-14-26(24)27/h6-7,10-11,14-16,19-20,25,29H,2-5,8-9,12-13,17-18,21-22H2,1H3. The number of nitrogens with zero attached hydrogens (tertiary/aromatic N) is 3. The van der Waals surface area contributed by atoms with Gasteiger partial charge in [-0.2, -0.15) is 0 Å². The number of nitrogens with one attached hydrogen (secondary N) is 1. The Morgan fingerprint density at radius 1 is 0.935 bits per heavy atom. The van der Waals surface area contributed by atoms with Gasteiger partial charge in [0.25, 0.3) is 0 Å². The Bertz CT molecular complexity index is 898. The van der Waals surface area contributed by atoms with Crippen LogP contribution in [0.1, 0.15) is 62.5 Å². The summed E-state index contributed by atoms with van der Waals surface area (Å²) in [6, 6.07) is 13.7. The van der Waals surface area contributed by atoms with E-state index in [4.69, 9.17) is 0 Å². The van der Waals surface area contributed by atoms with Crippen molar-refractivity contribution < 1.29 is 0 Å². The minimum Gasteiger partial charge on any atom is -0.361 e. The third-order valence-electron chi connectivity index (χ3n) is 6.88. The molecular weight excluding hydrogens is 380 g/mol. The van der Waals surface area contributed by atoms with Crippen molar-refractivity contribution in [1.82, 2.24) is 19.8 Å². The van der Waals surface area contributed by atoms with E-state index in [0.717, 1.165) is 25.7 Å². The van der Waals surface area contributed by atoms with Crippen molar-refractivity contribution >= 4 is 10.9 Å². The zero-order valence-corrected chi connectivity index (χ0v) is 19.1. The molecule has 4 heteroatoms. The SMILES string of the molecule is CN(CCCCCN(Cc1cccnc1)Cc1c[nH]c2ccccc12)C1CCCCC1. The van der Waals surface area contributed by atoms with Crippen LogP contribution in [0, 0.1) is 0 Å². The van der Waals surface area contributed by atoms with Crippen LogP contribution in [-0.4, -0.2) is 45.9 Å². The van der Waals surface area contributed by atoms with E-state index in [-0.39, 0.29) is 0 Å². The molecule has 0 saturated heterocycles. The van der Waals surface area contributed by atoms with Crippen LogP contribution in [0.25, 0.3) is 10.9 Å². The molecule has 3 aromatic rings. The molecule has 4 nitrogen and oxygen atoms in total. The highest BCUT2D eigenvalue weighted by atomic mass is 15.1. The van der Waals surface area contributed by atoms with E-state index in [2.05, 4.69) is 63.3 Å². The van der Waals surface area contributed by atoms with Crippen LogP contribution in [0.4, 0.5) is 0 Å². The Morgan fingerprint density at radius 3 is 2.61 bits per heavy atom. The number of para-hydroxylation sites is 1. The Labute approximate surface area is 187 Å². The fourth-order valence-corrected chi connectivity index (χ4v) is 5.04. The van der Waals surface area contributed by atoms with Crippen molar-refractivity contribution in [2.45, 2.75) is 70.5 Å². The van der Waals surface area contributed by atoms with Gasteiger partial charge in [0.15, 0.2) is 0 Å². The average molecular weight is 419 g/mol. The summed E-state index contributed by atoms with van der Waals surface area (Å²) in [4.78, 5) is 13.0. The highest BCUT2D eigenvalue weighted by Crippen LogP contribution is 2.23. The molecule has 2 aromatic heterocycles. The molecule has 31 heavy (non-hydrogen) atoms. The smallest absolute Gasteiger partial charge is 0.0457 e. The minimum atomic E-state index is 0.831. The summed E-state index contributed by atoms with van der Waals surface area (Å²) in [6.45, 7) is 4.30. The van der Waals surface area contributed by atoms with Crippen molar-refractivity contribution in [3.05, 3.63) is 66.1 Å². The zero-order chi connectivity index (χ0) is 21.3. The first-order chi connectivity index (χ1) is 15.3. The minimum absolute atomic E-state index is 0.831. The molecule has 1 saturated carbocycles. The van der Waals surface area contributed by atoms with Crippen LogP contribution in [0.2, 0.25) is 0 Å². The van der Waals surface area contributed by atoms with Crippen LogP contribution in [-0.2, 0) is 13.1 Å². The van der Waals surface area contributed by atoms with Gasteiger partial charge in [0.2, 0.25) is 0 Å². The van der Waals surface area contributed by atoms with Gasteiger partial charge in [-0.1, -0.05) is 49.9 Å². The van der Waals surface area contributed by atoms with Crippen LogP contribution in [0.3, 0.4) is 0 Å². The second kappa shape index (κ2) is 11.4. The van der Waals surface area contributed by atoms with Crippen LogP contribution in [0.15, 0.2) is 55.0 Å². The molecule has 0 unspecified atom stereocenters. The third kappa shape index (κ3) is 6.41. The van der Waals surface area contributed by atoms with Crippen molar-refractivity contribution in [2.24, 2.45) is 0 Å². The van der Waals surface area contributed by atoms with Gasteiger partial charge in [-0.15, -0.1) is 0 Å². The van der Waals surface area contributed by atoms with Gasteiger partial charge in [-0.05, 0) is 69.1 Å². The highest BCUT2D eigenvalue weighted by Gasteiger charge is 2.17. The van der Waals surface area contributed by atoms with Gasteiger partial charge in [0, 0.05) is 48.6 Å². The van der Waals surface area contributed by atoms with Crippen molar-refractivity contribution in [3.63, 3.8) is 0 Å². The summed E-state index contributed by atoms with van der Waals surface area (Å²) in [5.41, 5.74) is 3.90. The number of aromatic nitrogens is 2. The molecule has 1 fully saturated rings. The van der Waals surface area contributed by atoms with E-state index < -0.39 is 0 Å². The molecule has 0 bridgehead atoms. The normalized spacial score (nSPS) is 15.3. The Balaban J connectivity index is 1.29. The number of hydrogen-bond acceptors (Lipinski definition) is 3. The lowest BCUT2D eigenvalue weighted by Crippen LogP contribution is -2.34. The van der Waals surface area contributed by atoms with Crippen LogP contribution in [0.5, 0.6) is 0 Å². The van der Waals surface area contributed by atoms with Gasteiger partial charge >= 0.3 is 0 Å². The second-order valence-electron chi connectivity index (χ2n) is 9.26. The molecule has 1 aliphatic rings. The first-order valence-corrected chi connectivity index (χ1v) is 12.2. The summed E-state index contributed by atoms with van der Waals surface area (Å²) >= 11 is 0. The first kappa shape index (κ1) is 22.0. The molecule has 0 amide bonds. The zero-order valence-electron chi connectivity index (χ0n) is 19.1. The number of unbranched alkanes of at least 4 members (excludes halogenated alkanes) is 2. The lowest BCUT2D eigenvalue weighted by molar-refractivity contribution is 0.186. The molecule has 0 atom stereocenters. The second-order valence-corrected chi connectivity index (χ2v) is 9.26. The molecule has 1 N–H and O–H groups in total. The van der Waals surface area contributed by atoms with Crippen LogP contribution >= 0.6 is 0 Å². The molecule has 2 heterocycles. The Morgan fingerprint density at radius 2 is 1.77 bits per heavy atom. The van der Waals surface area contributed by atoms with E-state index in [1.165, 1.54) is 79.9 Å². The predicted octanol–water partition coefficient (Wildman–Crippen LogP) is 6.00. The predicted molar refractivity (Wildman–Crippen MR) is 130 cm³/mol. The van der Waals surface area contributed by atoms with Gasteiger partial charge in [-0.25, -0.2) is 0 Å². The molecule has 166 valence electrons. The van der Waals surface area contributed by atoms with Gasteiger partial charge < -0.3 is 9.88 Å². The first-order valence-electron chi connectivity index (χ1n) is 12.2. The van der Waals surface area contributed by atoms with Gasteiger partial charge in [0.1, 0.15) is 0 Å². The number of hydrogen-bond donors (Lipinski definition) is 1. The lowest BCUT2D eigenvalue weighted by Gasteiger charge is -2.31. The maximum Gasteiger partial charge on any atom is 0.0457 e. The molecule has 0 aliphatic heterocycles. The fourth-order valence-electron chi connectivity index (χ4n) is 5.04. The molecule has 0 spiro atoms. The van der Waals surface area contributed by atoms with Gasteiger partial charge in [0.05, 0.1) is 0 Å². The average Bonchev–Trinajstić information content (AvgIpc) is 3.22. The summed E-state index contributed by atoms with van der Waals surface area (Å²) in [7, 11) is 2.34. The van der Waals surface area contributed by atoms with E-state index in [1.807, 2.05) is 18.5 Å².